The Morgan fingerprint density at radius 1 is 1.57 bits per heavy atom. The molecule has 0 aliphatic rings. The highest BCUT2D eigenvalue weighted by Crippen LogP contribution is 2.17. The molecule has 14 heavy (non-hydrogen) atoms. The van der Waals surface area contributed by atoms with Crippen molar-refractivity contribution in [2.24, 2.45) is 11.5 Å². The van der Waals surface area contributed by atoms with Gasteiger partial charge in [-0.3, -0.25) is 0 Å². The largest absolute Gasteiger partial charge is 0.478 e. The molecule has 5 N–H and O–H groups in total. The number of hydrogen-bond acceptors (Lipinski definition) is 3. The third kappa shape index (κ3) is 2.10. The van der Waals surface area contributed by atoms with Gasteiger partial charge in [-0.1, -0.05) is 17.7 Å². The van der Waals surface area contributed by atoms with Gasteiger partial charge in [-0.05, 0) is 18.6 Å². The molecular weight excluding hydrogens is 180 g/mol. The third-order valence-electron chi connectivity index (χ3n) is 2.09. The van der Waals surface area contributed by atoms with Crippen LogP contribution in [0.1, 0.15) is 27.5 Å². The number of aryl methyl sites for hydroxylation is 1. The summed E-state index contributed by atoms with van der Waals surface area (Å²) in [6, 6.07) is 4.65. The van der Waals surface area contributed by atoms with Crippen molar-refractivity contribution >= 4 is 5.97 Å². The van der Waals surface area contributed by atoms with Crippen molar-refractivity contribution in [2.75, 3.05) is 6.54 Å². The molecule has 0 aliphatic carbocycles. The molecule has 1 aromatic rings. The first-order valence-electron chi connectivity index (χ1n) is 4.35. The third-order valence-corrected chi connectivity index (χ3v) is 2.09. The first-order valence-corrected chi connectivity index (χ1v) is 4.35. The number of nitrogens with two attached hydrogens (primary N) is 2. The van der Waals surface area contributed by atoms with Crippen molar-refractivity contribution in [1.82, 2.24) is 0 Å². The van der Waals surface area contributed by atoms with Gasteiger partial charge in [-0.2, -0.15) is 0 Å². The number of carbonyl (C=O) groups is 1. The van der Waals surface area contributed by atoms with Crippen molar-refractivity contribution in [3.63, 3.8) is 0 Å². The van der Waals surface area contributed by atoms with E-state index in [1.165, 1.54) is 0 Å². The molecular formula is C10H14N2O2. The summed E-state index contributed by atoms with van der Waals surface area (Å²) in [5.41, 5.74) is 12.9. The standard InChI is InChI=1S/C10H14N2O2/c1-6-2-3-7(10(13)14)8(4-6)9(12)5-11/h2-4,9H,5,11-12H2,1H3,(H,13,14)/t9-/m1/s1. The Morgan fingerprint density at radius 3 is 2.71 bits per heavy atom. The summed E-state index contributed by atoms with van der Waals surface area (Å²) in [5.74, 6) is -0.969. The van der Waals surface area contributed by atoms with Crippen molar-refractivity contribution in [3.8, 4) is 0 Å². The number of carboxylic acid groups (broad SMARTS) is 1. The van der Waals surface area contributed by atoms with Gasteiger partial charge in [-0.25, -0.2) is 4.79 Å². The van der Waals surface area contributed by atoms with Crippen LogP contribution in [0.2, 0.25) is 0 Å². The summed E-state index contributed by atoms with van der Waals surface area (Å²) in [7, 11) is 0. The summed E-state index contributed by atoms with van der Waals surface area (Å²) in [6.07, 6.45) is 0. The summed E-state index contributed by atoms with van der Waals surface area (Å²) in [6.45, 7) is 2.13. The summed E-state index contributed by atoms with van der Waals surface area (Å²) in [4.78, 5) is 10.9. The molecule has 1 aromatic carbocycles. The van der Waals surface area contributed by atoms with E-state index in [1.807, 2.05) is 6.92 Å². The van der Waals surface area contributed by atoms with Crippen LogP contribution in [0.25, 0.3) is 0 Å². The normalized spacial score (nSPS) is 12.5. The Hall–Kier alpha value is -1.39. The average molecular weight is 194 g/mol. The van der Waals surface area contributed by atoms with E-state index in [0.717, 1.165) is 5.56 Å². The lowest BCUT2D eigenvalue weighted by Gasteiger charge is -2.12. The topological polar surface area (TPSA) is 89.3 Å². The van der Waals surface area contributed by atoms with E-state index >= 15 is 0 Å². The van der Waals surface area contributed by atoms with Gasteiger partial charge in [0.1, 0.15) is 0 Å². The zero-order valence-electron chi connectivity index (χ0n) is 8.03. The molecule has 0 spiro atoms. The predicted octanol–water partition coefficient (Wildman–Crippen LogP) is 0.652. The van der Waals surface area contributed by atoms with Gasteiger partial charge >= 0.3 is 5.97 Å². The molecule has 0 bridgehead atoms. The summed E-state index contributed by atoms with van der Waals surface area (Å²) in [5, 5.41) is 8.90. The molecule has 76 valence electrons. The van der Waals surface area contributed by atoms with E-state index in [9.17, 15) is 4.79 Å². The van der Waals surface area contributed by atoms with Crippen LogP contribution < -0.4 is 11.5 Å². The van der Waals surface area contributed by atoms with Crippen molar-refractivity contribution in [1.29, 1.82) is 0 Å². The molecule has 1 atom stereocenters. The maximum absolute atomic E-state index is 10.9. The number of benzene rings is 1. The fraction of sp³-hybridized carbons (Fsp3) is 0.300. The smallest absolute Gasteiger partial charge is 0.336 e. The fourth-order valence-corrected chi connectivity index (χ4v) is 1.31. The van der Waals surface area contributed by atoms with Gasteiger partial charge < -0.3 is 16.6 Å². The van der Waals surface area contributed by atoms with Gasteiger partial charge in [0.2, 0.25) is 0 Å². The van der Waals surface area contributed by atoms with Crippen LogP contribution in [0.4, 0.5) is 0 Å². The molecule has 0 aromatic heterocycles. The molecule has 0 saturated carbocycles. The molecule has 4 heteroatoms. The van der Waals surface area contributed by atoms with Gasteiger partial charge in [0.15, 0.2) is 0 Å². The molecule has 0 radical (unpaired) electrons. The highest BCUT2D eigenvalue weighted by Gasteiger charge is 2.14. The lowest BCUT2D eigenvalue weighted by Crippen LogP contribution is -2.23. The minimum atomic E-state index is -0.969. The Labute approximate surface area is 82.5 Å². The molecule has 0 heterocycles. The maximum atomic E-state index is 10.9. The monoisotopic (exact) mass is 194 g/mol. The lowest BCUT2D eigenvalue weighted by molar-refractivity contribution is 0.0695. The van der Waals surface area contributed by atoms with E-state index in [2.05, 4.69) is 0 Å². The second kappa shape index (κ2) is 4.21. The quantitative estimate of drug-likeness (QED) is 0.659. The first kappa shape index (κ1) is 10.7. The first-order chi connectivity index (χ1) is 6.56. The van der Waals surface area contributed by atoms with E-state index in [-0.39, 0.29) is 12.1 Å². The van der Waals surface area contributed by atoms with Gasteiger partial charge in [0.05, 0.1) is 5.56 Å². The molecule has 0 unspecified atom stereocenters. The van der Waals surface area contributed by atoms with E-state index in [4.69, 9.17) is 16.6 Å². The van der Waals surface area contributed by atoms with Crippen molar-refractivity contribution in [2.45, 2.75) is 13.0 Å². The van der Waals surface area contributed by atoms with Crippen LogP contribution in [0.5, 0.6) is 0 Å². The van der Waals surface area contributed by atoms with E-state index < -0.39 is 12.0 Å². The zero-order chi connectivity index (χ0) is 10.7. The summed E-state index contributed by atoms with van der Waals surface area (Å²) < 4.78 is 0. The van der Waals surface area contributed by atoms with Crippen molar-refractivity contribution in [3.05, 3.63) is 34.9 Å². The van der Waals surface area contributed by atoms with Crippen LogP contribution >= 0.6 is 0 Å². The van der Waals surface area contributed by atoms with Gasteiger partial charge in [0, 0.05) is 12.6 Å². The average Bonchev–Trinajstić information content (AvgIpc) is 2.16. The molecule has 4 nitrogen and oxygen atoms in total. The Morgan fingerprint density at radius 2 is 2.21 bits per heavy atom. The second-order valence-corrected chi connectivity index (χ2v) is 3.24. The molecule has 0 fully saturated rings. The predicted molar refractivity (Wildman–Crippen MR) is 54.1 cm³/mol. The molecule has 0 aliphatic heterocycles. The zero-order valence-corrected chi connectivity index (χ0v) is 8.03. The van der Waals surface area contributed by atoms with Gasteiger partial charge in [-0.15, -0.1) is 0 Å². The highest BCUT2D eigenvalue weighted by atomic mass is 16.4. The fourth-order valence-electron chi connectivity index (χ4n) is 1.31. The number of carboxylic acids is 1. The molecule has 0 amide bonds. The number of aromatic carboxylic acids is 1. The second-order valence-electron chi connectivity index (χ2n) is 3.24. The summed E-state index contributed by atoms with van der Waals surface area (Å²) >= 11 is 0. The van der Waals surface area contributed by atoms with Gasteiger partial charge in [0.25, 0.3) is 0 Å². The minimum Gasteiger partial charge on any atom is -0.478 e. The van der Waals surface area contributed by atoms with E-state index in [0.29, 0.717) is 5.56 Å². The Kier molecular flexibility index (Phi) is 3.22. The maximum Gasteiger partial charge on any atom is 0.336 e. The lowest BCUT2D eigenvalue weighted by atomic mass is 9.98. The van der Waals surface area contributed by atoms with Crippen LogP contribution in [0.15, 0.2) is 18.2 Å². The minimum absolute atomic E-state index is 0.230. The highest BCUT2D eigenvalue weighted by molar-refractivity contribution is 5.89. The van der Waals surface area contributed by atoms with Crippen LogP contribution in [-0.4, -0.2) is 17.6 Å². The number of rotatable bonds is 3. The molecule has 0 saturated heterocycles. The Bertz CT molecular complexity index is 350. The Balaban J connectivity index is 3.22. The van der Waals surface area contributed by atoms with Crippen LogP contribution in [-0.2, 0) is 0 Å². The van der Waals surface area contributed by atoms with Crippen molar-refractivity contribution < 1.29 is 9.90 Å². The van der Waals surface area contributed by atoms with E-state index in [1.54, 1.807) is 18.2 Å². The molecule has 1 rings (SSSR count). The van der Waals surface area contributed by atoms with Crippen LogP contribution in [0, 0.1) is 6.92 Å². The van der Waals surface area contributed by atoms with Crippen LogP contribution in [0.3, 0.4) is 0 Å². The SMILES string of the molecule is Cc1ccc(C(=O)O)c([C@H](N)CN)c1. The number of hydrogen-bond donors (Lipinski definition) is 3.